The molecule has 1 N–H and O–H groups in total. The van der Waals surface area contributed by atoms with Crippen molar-refractivity contribution in [3.05, 3.63) is 52.9 Å². The summed E-state index contributed by atoms with van der Waals surface area (Å²) < 4.78 is 5.81. The van der Waals surface area contributed by atoms with E-state index >= 15 is 0 Å². The van der Waals surface area contributed by atoms with Crippen LogP contribution in [0.2, 0.25) is 0 Å². The minimum absolute atomic E-state index is 0.254. The molecule has 3 aliphatic rings. The Kier molecular flexibility index (Phi) is 7.24. The summed E-state index contributed by atoms with van der Waals surface area (Å²) in [6, 6.07) is 7.23. The summed E-state index contributed by atoms with van der Waals surface area (Å²) >= 11 is 0. The third-order valence-electron chi connectivity index (χ3n) is 7.81. The number of rotatable bonds is 6. The van der Waals surface area contributed by atoms with Gasteiger partial charge in [0.2, 0.25) is 0 Å². The molecule has 5 rings (SSSR count). The maximum absolute atomic E-state index is 11.5. The molecule has 3 heterocycles. The minimum atomic E-state index is 0.254. The van der Waals surface area contributed by atoms with Crippen LogP contribution in [0.25, 0.3) is 16.5 Å². The Bertz CT molecular complexity index is 1260. The molecule has 190 valence electrons. The number of allylic oxidation sites excluding steroid dienone is 4. The summed E-state index contributed by atoms with van der Waals surface area (Å²) in [5, 5.41) is 1.32. The predicted molar refractivity (Wildman–Crippen MR) is 148 cm³/mol. The van der Waals surface area contributed by atoms with Gasteiger partial charge in [0.1, 0.15) is 17.9 Å². The van der Waals surface area contributed by atoms with Gasteiger partial charge in [0.05, 0.1) is 25.4 Å². The fourth-order valence-electron chi connectivity index (χ4n) is 5.98. The van der Waals surface area contributed by atoms with E-state index in [1.54, 1.807) is 20.4 Å². The topological polar surface area (TPSA) is 70.0 Å². The van der Waals surface area contributed by atoms with E-state index < -0.39 is 0 Å². The van der Waals surface area contributed by atoms with Gasteiger partial charge in [-0.1, -0.05) is 26.0 Å². The highest BCUT2D eigenvalue weighted by atomic mass is 16.5. The Labute approximate surface area is 214 Å². The summed E-state index contributed by atoms with van der Waals surface area (Å²) in [4.78, 5) is 26.7. The lowest BCUT2D eigenvalue weighted by Gasteiger charge is -2.31. The number of Topliss-reactive ketones (excluding diaryl/α,β-unsaturated/α-hetero) is 1. The summed E-state index contributed by atoms with van der Waals surface area (Å²) in [6.45, 7) is 8.80. The number of H-pyrrole nitrogens is 1. The van der Waals surface area contributed by atoms with Crippen LogP contribution in [0.5, 0.6) is 0 Å². The van der Waals surface area contributed by atoms with Crippen molar-refractivity contribution in [3.8, 4) is 0 Å². The minimum Gasteiger partial charge on any atom is -0.495 e. The van der Waals surface area contributed by atoms with E-state index in [0.717, 1.165) is 56.7 Å². The van der Waals surface area contributed by atoms with E-state index in [0.29, 0.717) is 18.4 Å². The summed E-state index contributed by atoms with van der Waals surface area (Å²) in [5.41, 5.74) is 7.28. The van der Waals surface area contributed by atoms with Gasteiger partial charge in [-0.25, -0.2) is 4.99 Å². The van der Waals surface area contributed by atoms with Gasteiger partial charge in [-0.05, 0) is 92.4 Å². The molecule has 1 fully saturated rings. The van der Waals surface area contributed by atoms with Crippen LogP contribution in [-0.2, 0) is 9.53 Å². The Balaban J connectivity index is 1.50. The Morgan fingerprint density at radius 2 is 2.03 bits per heavy atom. The number of hydrogen-bond acceptors (Lipinski definition) is 5. The van der Waals surface area contributed by atoms with Gasteiger partial charge in [-0.3, -0.25) is 14.7 Å². The molecule has 0 radical (unpaired) electrons. The maximum atomic E-state index is 11.5. The van der Waals surface area contributed by atoms with Crippen LogP contribution in [-0.4, -0.2) is 60.5 Å². The lowest BCUT2D eigenvalue weighted by Crippen LogP contribution is -2.36. The Morgan fingerprint density at radius 3 is 2.75 bits per heavy atom. The fourth-order valence-corrected chi connectivity index (χ4v) is 5.98. The van der Waals surface area contributed by atoms with Crippen LogP contribution < -0.4 is 0 Å². The van der Waals surface area contributed by atoms with E-state index in [-0.39, 0.29) is 11.8 Å². The Hall–Kier alpha value is -2.99. The molecule has 1 aliphatic carbocycles. The molecule has 36 heavy (non-hydrogen) atoms. The number of carbonyl (C=O) groups excluding carboxylic acids is 1. The monoisotopic (exact) mass is 486 g/mol. The number of likely N-dealkylation sites (tertiary alicyclic amines) is 1. The van der Waals surface area contributed by atoms with Crippen LogP contribution in [0, 0.1) is 0 Å². The molecule has 2 bridgehead atoms. The van der Waals surface area contributed by atoms with Crippen molar-refractivity contribution in [2.45, 2.75) is 70.8 Å². The second-order valence-corrected chi connectivity index (χ2v) is 10.8. The Morgan fingerprint density at radius 1 is 1.22 bits per heavy atom. The van der Waals surface area contributed by atoms with Crippen LogP contribution in [0.15, 0.2) is 46.1 Å². The fraction of sp³-hybridized carbons (Fsp3) is 0.500. The lowest BCUT2D eigenvalue weighted by atomic mass is 9.87. The number of aliphatic imine (C=N–C) groups is 2. The number of methoxy groups -OCH3 is 1. The predicted octanol–water partition coefficient (Wildman–Crippen LogP) is 6.01. The number of piperidine rings is 1. The normalized spacial score (nSPS) is 24.4. The molecule has 0 saturated carbocycles. The number of nitrogens with zero attached hydrogens (tertiary/aromatic N) is 3. The van der Waals surface area contributed by atoms with Gasteiger partial charge in [0.25, 0.3) is 0 Å². The van der Waals surface area contributed by atoms with Crippen molar-refractivity contribution in [3.63, 3.8) is 0 Å². The summed E-state index contributed by atoms with van der Waals surface area (Å²) in [5.74, 6) is 1.99. The van der Waals surface area contributed by atoms with E-state index in [2.05, 4.69) is 64.1 Å². The summed E-state index contributed by atoms with van der Waals surface area (Å²) in [6.07, 6.45) is 11.2. The van der Waals surface area contributed by atoms with E-state index in [1.807, 2.05) is 0 Å². The number of nitrogens with one attached hydrogen (secondary N) is 1. The first-order valence-corrected chi connectivity index (χ1v) is 13.3. The van der Waals surface area contributed by atoms with Gasteiger partial charge in [-0.2, -0.15) is 0 Å². The van der Waals surface area contributed by atoms with Gasteiger partial charge >= 0.3 is 0 Å². The molecule has 2 aliphatic heterocycles. The molecule has 0 amide bonds. The highest BCUT2D eigenvalue weighted by molar-refractivity contribution is 6.05. The zero-order chi connectivity index (χ0) is 25.2. The van der Waals surface area contributed by atoms with Crippen molar-refractivity contribution in [2.24, 2.45) is 9.98 Å². The largest absolute Gasteiger partial charge is 0.495 e. The quantitative estimate of drug-likeness (QED) is 0.544. The zero-order valence-electron chi connectivity index (χ0n) is 22.0. The maximum Gasteiger partial charge on any atom is 0.143 e. The SMILES string of the molecule is CO/C1=C/C(c2[nH]c3ccc(C4CCN(CC(C)=O)CC4)cc3c2C(C)C)=C\CCC2CC1=NC=N2. The average molecular weight is 487 g/mol. The first-order valence-electron chi connectivity index (χ1n) is 13.3. The van der Waals surface area contributed by atoms with E-state index in [1.165, 1.54) is 33.3 Å². The van der Waals surface area contributed by atoms with Crippen molar-refractivity contribution in [1.82, 2.24) is 9.88 Å². The van der Waals surface area contributed by atoms with E-state index in [9.17, 15) is 4.79 Å². The van der Waals surface area contributed by atoms with Gasteiger partial charge < -0.3 is 9.72 Å². The van der Waals surface area contributed by atoms with Gasteiger partial charge in [-0.15, -0.1) is 0 Å². The van der Waals surface area contributed by atoms with Crippen LogP contribution >= 0.6 is 0 Å². The molecule has 1 atom stereocenters. The molecule has 0 spiro atoms. The van der Waals surface area contributed by atoms with Crippen LogP contribution in [0.4, 0.5) is 0 Å². The molecule has 6 heteroatoms. The number of aromatic amines is 1. The molecular formula is C30H38N4O2. The van der Waals surface area contributed by atoms with Crippen molar-refractivity contribution in [2.75, 3.05) is 26.7 Å². The second kappa shape index (κ2) is 10.6. The van der Waals surface area contributed by atoms with E-state index in [4.69, 9.17) is 4.74 Å². The number of carbonyl (C=O) groups is 1. The van der Waals surface area contributed by atoms with Crippen LogP contribution in [0.1, 0.15) is 81.5 Å². The third kappa shape index (κ3) is 5.10. The van der Waals surface area contributed by atoms with Crippen molar-refractivity contribution in [1.29, 1.82) is 0 Å². The molecular weight excluding hydrogens is 448 g/mol. The number of benzene rings is 1. The van der Waals surface area contributed by atoms with Crippen LogP contribution in [0.3, 0.4) is 0 Å². The second-order valence-electron chi connectivity index (χ2n) is 10.8. The standard InChI is InChI=1S/C30H38N4O2/c1-19(2)29-25-14-22(21-10-12-34(13-11-21)17-20(3)35)8-9-26(25)33-30(29)23-6-5-7-24-16-27(32-18-31-24)28(15-23)36-4/h6,8-9,14-15,18-19,21,24,33H,5,7,10-13,16-17H2,1-4H3/b23-6+,28-15+. The van der Waals surface area contributed by atoms with Crippen molar-refractivity contribution < 1.29 is 9.53 Å². The molecule has 1 saturated heterocycles. The zero-order valence-corrected chi connectivity index (χ0v) is 22.0. The molecule has 1 aromatic carbocycles. The highest BCUT2D eigenvalue weighted by Gasteiger charge is 2.25. The molecule has 6 nitrogen and oxygen atoms in total. The third-order valence-corrected chi connectivity index (χ3v) is 7.81. The van der Waals surface area contributed by atoms with Gasteiger partial charge in [0.15, 0.2) is 0 Å². The first-order chi connectivity index (χ1) is 17.4. The van der Waals surface area contributed by atoms with Crippen molar-refractivity contribution >= 4 is 34.3 Å². The first kappa shape index (κ1) is 24.7. The average Bonchev–Trinajstić information content (AvgIpc) is 3.27. The smallest absolute Gasteiger partial charge is 0.143 e. The number of ketones is 1. The summed E-state index contributed by atoms with van der Waals surface area (Å²) in [7, 11) is 1.73. The number of aromatic nitrogens is 1. The molecule has 1 unspecified atom stereocenters. The highest BCUT2D eigenvalue weighted by Crippen LogP contribution is 2.38. The number of fused-ring (bicyclic) bond motifs is 3. The number of ether oxygens (including phenoxy) is 1. The lowest BCUT2D eigenvalue weighted by molar-refractivity contribution is -0.118. The molecule has 1 aromatic heterocycles. The molecule has 2 aromatic rings. The van der Waals surface area contributed by atoms with Gasteiger partial charge in [0, 0.05) is 23.0 Å². The number of hydrogen-bond donors (Lipinski definition) is 1.